The van der Waals surface area contributed by atoms with E-state index in [1.807, 2.05) is 37.3 Å². The van der Waals surface area contributed by atoms with Crippen molar-refractivity contribution in [1.29, 1.82) is 0 Å². The van der Waals surface area contributed by atoms with Crippen LogP contribution in [0.3, 0.4) is 0 Å². The number of nitrogens with zero attached hydrogens (tertiary/aromatic N) is 4. The number of carbonyl (C=O) groups is 1. The van der Waals surface area contributed by atoms with Crippen LogP contribution in [0.2, 0.25) is 0 Å². The molecule has 4 aromatic rings. The summed E-state index contributed by atoms with van der Waals surface area (Å²) in [5.74, 6) is -6.87. The first-order valence-electron chi connectivity index (χ1n) is 13.8. The van der Waals surface area contributed by atoms with Crippen LogP contribution in [-0.4, -0.2) is 53.3 Å². The minimum Gasteiger partial charge on any atom is -0.497 e. The minimum atomic E-state index is -6.03. The van der Waals surface area contributed by atoms with Crippen LogP contribution >= 0.6 is 11.3 Å². The highest BCUT2D eigenvalue weighted by molar-refractivity contribution is 7.21. The SMILES string of the molecule is COc1ccc(Cn2c(C(F)(F)C(F)(F)F)nc3sc(N4CCC[C@@H]4C(=O)C[C@H](C)c4ccccc4)nc3c2=O)c(OC)c1. The van der Waals surface area contributed by atoms with E-state index in [0.29, 0.717) is 36.5 Å². The van der Waals surface area contributed by atoms with Gasteiger partial charge < -0.3 is 14.4 Å². The van der Waals surface area contributed by atoms with Crippen LogP contribution in [0.25, 0.3) is 10.3 Å². The summed E-state index contributed by atoms with van der Waals surface area (Å²) < 4.78 is 81.3. The summed E-state index contributed by atoms with van der Waals surface area (Å²) in [6.07, 6.45) is -4.63. The molecule has 8 nitrogen and oxygen atoms in total. The quantitative estimate of drug-likeness (QED) is 0.189. The van der Waals surface area contributed by atoms with E-state index in [4.69, 9.17) is 9.47 Å². The van der Waals surface area contributed by atoms with Crippen LogP contribution < -0.4 is 19.9 Å². The average Bonchev–Trinajstić information content (AvgIpc) is 3.66. The Morgan fingerprint density at radius 1 is 1.07 bits per heavy atom. The zero-order chi connectivity index (χ0) is 31.8. The highest BCUT2D eigenvalue weighted by Gasteiger charge is 2.62. The number of halogens is 5. The van der Waals surface area contributed by atoms with Crippen LogP contribution in [-0.2, 0) is 17.3 Å². The first-order chi connectivity index (χ1) is 20.8. The molecule has 1 fully saturated rings. The molecule has 14 heteroatoms. The normalized spacial score (nSPS) is 16.4. The number of benzene rings is 2. The molecule has 0 amide bonds. The van der Waals surface area contributed by atoms with Crippen molar-refractivity contribution in [2.75, 3.05) is 25.7 Å². The van der Waals surface area contributed by atoms with Gasteiger partial charge in [0.15, 0.2) is 27.1 Å². The molecule has 0 N–H and O–H groups in total. The molecule has 44 heavy (non-hydrogen) atoms. The summed E-state index contributed by atoms with van der Waals surface area (Å²) >= 11 is 0.710. The third-order valence-corrected chi connectivity index (χ3v) is 8.70. The number of thiazole rings is 1. The fraction of sp³-hybridized carbons (Fsp3) is 0.400. The second-order valence-electron chi connectivity index (χ2n) is 10.6. The number of aromatic nitrogens is 3. The van der Waals surface area contributed by atoms with E-state index in [9.17, 15) is 31.5 Å². The third-order valence-electron chi connectivity index (χ3n) is 7.71. The molecule has 234 valence electrons. The smallest absolute Gasteiger partial charge is 0.461 e. The lowest BCUT2D eigenvalue weighted by Crippen LogP contribution is -2.41. The zero-order valence-corrected chi connectivity index (χ0v) is 24.8. The summed E-state index contributed by atoms with van der Waals surface area (Å²) in [5.41, 5.74) is -0.394. The number of methoxy groups -OCH3 is 2. The summed E-state index contributed by atoms with van der Waals surface area (Å²) in [4.78, 5) is 36.3. The van der Waals surface area contributed by atoms with Gasteiger partial charge in [0.05, 0.1) is 26.8 Å². The van der Waals surface area contributed by atoms with E-state index in [2.05, 4.69) is 9.97 Å². The van der Waals surface area contributed by atoms with Gasteiger partial charge in [0, 0.05) is 24.6 Å². The molecule has 0 unspecified atom stereocenters. The number of alkyl halides is 5. The highest BCUT2D eigenvalue weighted by atomic mass is 32.1. The Morgan fingerprint density at radius 2 is 1.80 bits per heavy atom. The Hall–Kier alpha value is -4.07. The average molecular weight is 637 g/mol. The lowest BCUT2D eigenvalue weighted by atomic mass is 9.93. The first-order valence-corrected chi connectivity index (χ1v) is 14.6. The fourth-order valence-electron chi connectivity index (χ4n) is 5.35. The summed E-state index contributed by atoms with van der Waals surface area (Å²) in [6.45, 7) is 1.64. The first kappa shape index (κ1) is 31.4. The van der Waals surface area contributed by atoms with Gasteiger partial charge in [-0.3, -0.25) is 14.2 Å². The fourth-order valence-corrected chi connectivity index (χ4v) is 6.36. The van der Waals surface area contributed by atoms with Gasteiger partial charge >= 0.3 is 12.1 Å². The van der Waals surface area contributed by atoms with E-state index >= 15 is 0 Å². The number of rotatable bonds is 10. The summed E-state index contributed by atoms with van der Waals surface area (Å²) in [5, 5.41) is 0.161. The number of ether oxygens (including phenoxy) is 2. The third kappa shape index (κ3) is 5.86. The predicted molar refractivity (Wildman–Crippen MR) is 155 cm³/mol. The van der Waals surface area contributed by atoms with Crippen LogP contribution in [0.4, 0.5) is 27.1 Å². The van der Waals surface area contributed by atoms with Gasteiger partial charge in [-0.05, 0) is 36.5 Å². The number of carbonyl (C=O) groups excluding carboxylic acids is 1. The van der Waals surface area contributed by atoms with Crippen molar-refractivity contribution < 1.29 is 36.2 Å². The second-order valence-corrected chi connectivity index (χ2v) is 11.5. The zero-order valence-electron chi connectivity index (χ0n) is 24.0. The van der Waals surface area contributed by atoms with E-state index in [-0.39, 0.29) is 49.5 Å². The number of hydrogen-bond donors (Lipinski definition) is 0. The van der Waals surface area contributed by atoms with Crippen LogP contribution in [0.15, 0.2) is 53.3 Å². The number of ketones is 1. The largest absolute Gasteiger partial charge is 0.497 e. The van der Waals surface area contributed by atoms with Crippen molar-refractivity contribution in [3.8, 4) is 11.5 Å². The predicted octanol–water partition coefficient (Wildman–Crippen LogP) is 6.30. The lowest BCUT2D eigenvalue weighted by Gasteiger charge is -2.24. The molecule has 1 aliphatic rings. The van der Waals surface area contributed by atoms with Gasteiger partial charge in [-0.15, -0.1) is 0 Å². The number of hydrogen-bond acceptors (Lipinski definition) is 8. The molecular weight excluding hydrogens is 607 g/mol. The topological polar surface area (TPSA) is 86.5 Å². The maximum absolute atomic E-state index is 14.9. The maximum atomic E-state index is 14.9. The van der Waals surface area contributed by atoms with Crippen molar-refractivity contribution in [3.63, 3.8) is 0 Å². The Morgan fingerprint density at radius 3 is 2.45 bits per heavy atom. The molecule has 0 saturated carbocycles. The molecular formula is C30H29F5N4O4S. The number of anilines is 1. The highest BCUT2D eigenvalue weighted by Crippen LogP contribution is 2.44. The minimum absolute atomic E-state index is 0.0561. The summed E-state index contributed by atoms with van der Waals surface area (Å²) in [6, 6.07) is 13.2. The molecule has 0 spiro atoms. The molecule has 1 aliphatic heterocycles. The number of fused-ring (bicyclic) bond motifs is 1. The van der Waals surface area contributed by atoms with E-state index < -0.39 is 36.1 Å². The molecule has 0 radical (unpaired) electrons. The van der Waals surface area contributed by atoms with Crippen molar-refractivity contribution in [2.24, 2.45) is 0 Å². The lowest BCUT2D eigenvalue weighted by molar-refractivity contribution is -0.293. The number of Topliss-reactive ketones (excluding diaryl/α,β-unsaturated/α-hetero) is 1. The monoisotopic (exact) mass is 636 g/mol. The Balaban J connectivity index is 1.55. The van der Waals surface area contributed by atoms with Crippen LogP contribution in [0.1, 0.15) is 49.1 Å². The van der Waals surface area contributed by atoms with Gasteiger partial charge in [-0.25, -0.2) is 9.97 Å². The standard InChI is InChI=1S/C30H29F5N4O4S/c1-17(18-8-5-4-6-9-18)14-22(40)21-10-7-13-38(21)28-36-24-25(44-28)37-27(29(31,32)30(33,34)35)39(26(24)41)16-19-11-12-20(42-2)15-23(19)43-3/h4-6,8-9,11-12,15,17,21H,7,10,13-14,16H2,1-3H3/t17-,21+/m0/s1. The molecule has 2 aromatic heterocycles. The Labute approximate surface area is 253 Å². The molecule has 5 rings (SSSR count). The van der Waals surface area contributed by atoms with Gasteiger partial charge in [-0.1, -0.05) is 48.6 Å². The molecule has 1 saturated heterocycles. The van der Waals surface area contributed by atoms with Crippen molar-refractivity contribution in [1.82, 2.24) is 14.5 Å². The van der Waals surface area contributed by atoms with Crippen LogP contribution in [0.5, 0.6) is 11.5 Å². The second kappa shape index (κ2) is 12.1. The van der Waals surface area contributed by atoms with Gasteiger partial charge in [0.1, 0.15) is 11.5 Å². The van der Waals surface area contributed by atoms with E-state index in [1.165, 1.54) is 32.4 Å². The molecule has 2 atom stereocenters. The van der Waals surface area contributed by atoms with E-state index in [0.717, 1.165) is 5.56 Å². The molecule has 3 heterocycles. The Kier molecular flexibility index (Phi) is 8.65. The molecule has 0 bridgehead atoms. The van der Waals surface area contributed by atoms with E-state index in [1.54, 1.807) is 4.90 Å². The van der Waals surface area contributed by atoms with Crippen molar-refractivity contribution in [2.45, 2.75) is 56.8 Å². The molecule has 2 aromatic carbocycles. The van der Waals surface area contributed by atoms with Gasteiger partial charge in [0.25, 0.3) is 5.56 Å². The Bertz CT molecular complexity index is 1720. The van der Waals surface area contributed by atoms with Crippen LogP contribution in [0, 0.1) is 0 Å². The maximum Gasteiger partial charge on any atom is 0.461 e. The van der Waals surface area contributed by atoms with Gasteiger partial charge in [-0.2, -0.15) is 22.0 Å². The van der Waals surface area contributed by atoms with Gasteiger partial charge in [0.2, 0.25) is 0 Å². The summed E-state index contributed by atoms with van der Waals surface area (Å²) in [7, 11) is 2.68. The molecule has 0 aliphatic carbocycles. The van der Waals surface area contributed by atoms with Crippen molar-refractivity contribution >= 4 is 32.6 Å². The van der Waals surface area contributed by atoms with Crippen molar-refractivity contribution in [3.05, 3.63) is 75.8 Å².